The van der Waals surface area contributed by atoms with E-state index in [2.05, 4.69) is 17.6 Å². The molecule has 1 aliphatic rings. The maximum Gasteiger partial charge on any atom is 0.255 e. The van der Waals surface area contributed by atoms with Crippen LogP contribution in [0.2, 0.25) is 0 Å². The molecule has 1 aromatic heterocycles. The van der Waals surface area contributed by atoms with Crippen molar-refractivity contribution in [3.05, 3.63) is 70.0 Å². The number of nitrogens with zero attached hydrogens (tertiary/aromatic N) is 1. The summed E-state index contributed by atoms with van der Waals surface area (Å²) in [5.41, 5.74) is 4.76. The van der Waals surface area contributed by atoms with Gasteiger partial charge in [-0.15, -0.1) is 11.3 Å². The topological polar surface area (TPSA) is 42.0 Å². The van der Waals surface area contributed by atoms with Crippen molar-refractivity contribution >= 4 is 22.9 Å². The average molecular weight is 348 g/mol. The highest BCUT2D eigenvalue weighted by molar-refractivity contribution is 7.10. The van der Waals surface area contributed by atoms with Gasteiger partial charge in [-0.25, -0.2) is 4.98 Å². The molecule has 0 spiro atoms. The van der Waals surface area contributed by atoms with E-state index in [0.717, 1.165) is 28.9 Å². The lowest BCUT2D eigenvalue weighted by Gasteiger charge is -2.10. The van der Waals surface area contributed by atoms with Crippen molar-refractivity contribution in [1.82, 2.24) is 4.98 Å². The zero-order chi connectivity index (χ0) is 17.2. The number of rotatable bonds is 5. The Balaban J connectivity index is 1.50. The first-order valence-electron chi connectivity index (χ1n) is 8.69. The van der Waals surface area contributed by atoms with Gasteiger partial charge in [-0.1, -0.05) is 37.3 Å². The molecule has 1 N–H and O–H groups in total. The van der Waals surface area contributed by atoms with E-state index in [1.54, 1.807) is 11.3 Å². The number of carbonyl (C=O) groups is 1. The number of aryl methyl sites for hydroxylation is 1. The summed E-state index contributed by atoms with van der Waals surface area (Å²) in [5, 5.41) is 6.37. The van der Waals surface area contributed by atoms with Crippen LogP contribution in [-0.2, 0) is 6.42 Å². The standard InChI is InChI=1S/C21H20N2OS/c1-2-14-5-3-4-6-18(14)22-20(24)16-9-7-15(8-10-16)19-13-25-21(23-19)17-11-12-17/h3-10,13,17H,2,11-12H2,1H3,(H,22,24). The number of para-hydroxylation sites is 1. The van der Waals surface area contributed by atoms with Crippen LogP contribution in [0, 0.1) is 0 Å². The van der Waals surface area contributed by atoms with Gasteiger partial charge in [0.2, 0.25) is 0 Å². The number of benzene rings is 2. The van der Waals surface area contributed by atoms with Gasteiger partial charge in [0.15, 0.2) is 0 Å². The Hall–Kier alpha value is -2.46. The van der Waals surface area contributed by atoms with Gasteiger partial charge in [0.1, 0.15) is 0 Å². The largest absolute Gasteiger partial charge is 0.322 e. The summed E-state index contributed by atoms with van der Waals surface area (Å²) < 4.78 is 0. The highest BCUT2D eigenvalue weighted by Crippen LogP contribution is 2.42. The summed E-state index contributed by atoms with van der Waals surface area (Å²) in [6, 6.07) is 15.6. The molecule has 1 heterocycles. The third-order valence-electron chi connectivity index (χ3n) is 4.54. The number of carbonyl (C=O) groups excluding carboxylic acids is 1. The van der Waals surface area contributed by atoms with Gasteiger partial charge in [-0.05, 0) is 43.0 Å². The number of amides is 1. The van der Waals surface area contributed by atoms with Crippen LogP contribution in [-0.4, -0.2) is 10.9 Å². The second-order valence-electron chi connectivity index (χ2n) is 6.39. The molecule has 1 fully saturated rings. The number of hydrogen-bond donors (Lipinski definition) is 1. The fourth-order valence-corrected chi connectivity index (χ4v) is 3.88. The van der Waals surface area contributed by atoms with Crippen LogP contribution >= 0.6 is 11.3 Å². The molecular weight excluding hydrogens is 328 g/mol. The molecule has 1 saturated carbocycles. The minimum Gasteiger partial charge on any atom is -0.322 e. The fourth-order valence-electron chi connectivity index (χ4n) is 2.88. The van der Waals surface area contributed by atoms with E-state index in [1.807, 2.05) is 48.5 Å². The molecule has 0 bridgehead atoms. The maximum atomic E-state index is 12.5. The summed E-state index contributed by atoms with van der Waals surface area (Å²) in [7, 11) is 0. The Morgan fingerprint density at radius 3 is 2.64 bits per heavy atom. The molecule has 126 valence electrons. The van der Waals surface area contributed by atoms with Crippen molar-refractivity contribution in [3.63, 3.8) is 0 Å². The number of aromatic nitrogens is 1. The van der Waals surface area contributed by atoms with E-state index >= 15 is 0 Å². The van der Waals surface area contributed by atoms with E-state index in [9.17, 15) is 4.79 Å². The van der Waals surface area contributed by atoms with Crippen molar-refractivity contribution in [2.75, 3.05) is 5.32 Å². The van der Waals surface area contributed by atoms with Crippen LogP contribution in [0.25, 0.3) is 11.3 Å². The molecular formula is C21H20N2OS. The van der Waals surface area contributed by atoms with E-state index in [-0.39, 0.29) is 5.91 Å². The predicted octanol–water partition coefficient (Wildman–Crippen LogP) is 5.50. The number of hydrogen-bond acceptors (Lipinski definition) is 3. The summed E-state index contributed by atoms with van der Waals surface area (Å²) in [4.78, 5) is 17.2. The third kappa shape index (κ3) is 3.49. The normalized spacial score (nSPS) is 13.6. The second-order valence-corrected chi connectivity index (χ2v) is 7.28. The molecule has 0 radical (unpaired) electrons. The summed E-state index contributed by atoms with van der Waals surface area (Å²) in [5.74, 6) is 0.604. The van der Waals surface area contributed by atoms with Gasteiger partial charge in [0.25, 0.3) is 5.91 Å². The van der Waals surface area contributed by atoms with Crippen LogP contribution in [0.3, 0.4) is 0 Å². The minimum absolute atomic E-state index is 0.0793. The molecule has 1 aliphatic carbocycles. The molecule has 0 unspecified atom stereocenters. The van der Waals surface area contributed by atoms with Crippen molar-refractivity contribution < 1.29 is 4.79 Å². The molecule has 4 rings (SSSR count). The highest BCUT2D eigenvalue weighted by Gasteiger charge is 2.26. The molecule has 0 atom stereocenters. The van der Waals surface area contributed by atoms with Gasteiger partial charge in [0.05, 0.1) is 10.7 Å². The van der Waals surface area contributed by atoms with Crippen molar-refractivity contribution in [2.45, 2.75) is 32.1 Å². The Kier molecular flexibility index (Phi) is 4.36. The fraction of sp³-hybridized carbons (Fsp3) is 0.238. The molecule has 3 aromatic rings. The van der Waals surface area contributed by atoms with Gasteiger partial charge < -0.3 is 5.32 Å². The molecule has 4 heteroatoms. The highest BCUT2D eigenvalue weighted by atomic mass is 32.1. The Morgan fingerprint density at radius 2 is 1.92 bits per heavy atom. The van der Waals surface area contributed by atoms with Crippen molar-refractivity contribution in [1.29, 1.82) is 0 Å². The second kappa shape index (κ2) is 6.81. The smallest absolute Gasteiger partial charge is 0.255 e. The van der Waals surface area contributed by atoms with Crippen molar-refractivity contribution in [2.24, 2.45) is 0 Å². The van der Waals surface area contributed by atoms with Crippen LogP contribution in [0.4, 0.5) is 5.69 Å². The lowest BCUT2D eigenvalue weighted by Crippen LogP contribution is -2.13. The van der Waals surface area contributed by atoms with E-state index < -0.39 is 0 Å². The molecule has 1 amide bonds. The SMILES string of the molecule is CCc1ccccc1NC(=O)c1ccc(-c2csc(C3CC3)n2)cc1. The summed E-state index contributed by atoms with van der Waals surface area (Å²) >= 11 is 1.74. The first-order chi connectivity index (χ1) is 12.2. The Morgan fingerprint density at radius 1 is 1.16 bits per heavy atom. The first-order valence-corrected chi connectivity index (χ1v) is 9.57. The minimum atomic E-state index is -0.0793. The maximum absolute atomic E-state index is 12.5. The lowest BCUT2D eigenvalue weighted by molar-refractivity contribution is 0.102. The quantitative estimate of drug-likeness (QED) is 0.661. The van der Waals surface area contributed by atoms with Crippen LogP contribution in [0.15, 0.2) is 53.9 Å². The molecule has 2 aromatic carbocycles. The van der Waals surface area contributed by atoms with Gasteiger partial charge in [0, 0.05) is 28.1 Å². The van der Waals surface area contributed by atoms with Gasteiger partial charge >= 0.3 is 0 Å². The predicted molar refractivity (Wildman–Crippen MR) is 103 cm³/mol. The van der Waals surface area contributed by atoms with Crippen LogP contribution in [0.5, 0.6) is 0 Å². The average Bonchev–Trinajstić information content (AvgIpc) is 3.39. The molecule has 3 nitrogen and oxygen atoms in total. The van der Waals surface area contributed by atoms with Gasteiger partial charge in [-0.3, -0.25) is 4.79 Å². The Bertz CT molecular complexity index is 894. The first kappa shape index (κ1) is 16.0. The number of thiazole rings is 1. The molecule has 25 heavy (non-hydrogen) atoms. The lowest BCUT2D eigenvalue weighted by atomic mass is 10.1. The number of anilines is 1. The summed E-state index contributed by atoms with van der Waals surface area (Å²) in [6.07, 6.45) is 3.43. The monoisotopic (exact) mass is 348 g/mol. The van der Waals surface area contributed by atoms with E-state index in [1.165, 1.54) is 17.8 Å². The van der Waals surface area contributed by atoms with E-state index in [0.29, 0.717) is 11.5 Å². The third-order valence-corrected chi connectivity index (χ3v) is 5.55. The zero-order valence-electron chi connectivity index (χ0n) is 14.2. The molecule has 0 aliphatic heterocycles. The summed E-state index contributed by atoms with van der Waals surface area (Å²) in [6.45, 7) is 2.09. The van der Waals surface area contributed by atoms with Crippen molar-refractivity contribution in [3.8, 4) is 11.3 Å². The van der Waals surface area contributed by atoms with E-state index in [4.69, 9.17) is 4.98 Å². The van der Waals surface area contributed by atoms with Crippen LogP contribution < -0.4 is 5.32 Å². The zero-order valence-corrected chi connectivity index (χ0v) is 15.0. The number of nitrogens with one attached hydrogen (secondary N) is 1. The van der Waals surface area contributed by atoms with Crippen LogP contribution in [0.1, 0.15) is 46.6 Å². The Labute approximate surface area is 151 Å². The molecule has 0 saturated heterocycles. The van der Waals surface area contributed by atoms with Gasteiger partial charge in [-0.2, -0.15) is 0 Å².